The first-order chi connectivity index (χ1) is 13.3. The van der Waals surface area contributed by atoms with Gasteiger partial charge in [0, 0.05) is 38.9 Å². The van der Waals surface area contributed by atoms with E-state index in [1.807, 2.05) is 62.3 Å². The van der Waals surface area contributed by atoms with Gasteiger partial charge in [-0.3, -0.25) is 14.5 Å². The lowest BCUT2D eigenvalue weighted by Gasteiger charge is -2.19. The number of carbonyl (C=O) groups excluding carboxylic acids is 1. The van der Waals surface area contributed by atoms with Crippen molar-refractivity contribution in [1.29, 1.82) is 0 Å². The van der Waals surface area contributed by atoms with Crippen molar-refractivity contribution in [3.05, 3.63) is 64.4 Å². The number of carbonyl (C=O) groups is 1. The fraction of sp³-hybridized carbons (Fsp3) is 0.286. The Kier molecular flexibility index (Phi) is 5.94. The normalized spacial score (nSPS) is 10.7. The summed E-state index contributed by atoms with van der Waals surface area (Å²) in [7, 11) is 5.81. The van der Waals surface area contributed by atoms with E-state index in [1.54, 1.807) is 16.5 Å². The maximum atomic E-state index is 12.8. The highest BCUT2D eigenvalue weighted by Crippen LogP contribution is 2.18. The Morgan fingerprint density at radius 3 is 2.32 bits per heavy atom. The summed E-state index contributed by atoms with van der Waals surface area (Å²) in [6, 6.07) is 16.2. The molecule has 0 aliphatic carbocycles. The summed E-state index contributed by atoms with van der Waals surface area (Å²) in [4.78, 5) is 16.5. The molecule has 0 atom stereocenters. The molecule has 0 bridgehead atoms. The van der Waals surface area contributed by atoms with Crippen molar-refractivity contribution in [2.75, 3.05) is 26.0 Å². The second kappa shape index (κ2) is 8.39. The quantitative estimate of drug-likeness (QED) is 0.648. The van der Waals surface area contributed by atoms with Crippen LogP contribution in [0.2, 0.25) is 0 Å². The lowest BCUT2D eigenvalue weighted by atomic mass is 10.1. The van der Waals surface area contributed by atoms with E-state index >= 15 is 0 Å². The van der Waals surface area contributed by atoms with Crippen molar-refractivity contribution in [2.45, 2.75) is 20.0 Å². The lowest BCUT2D eigenvalue weighted by molar-refractivity contribution is -0.131. The van der Waals surface area contributed by atoms with Gasteiger partial charge in [-0.1, -0.05) is 42.0 Å². The van der Waals surface area contributed by atoms with Crippen molar-refractivity contribution >= 4 is 23.8 Å². The first-order valence-corrected chi connectivity index (χ1v) is 9.48. The highest BCUT2D eigenvalue weighted by atomic mass is 32.1. The van der Waals surface area contributed by atoms with Crippen LogP contribution in [0.3, 0.4) is 0 Å². The van der Waals surface area contributed by atoms with Gasteiger partial charge in [0.15, 0.2) is 10.6 Å². The molecule has 28 heavy (non-hydrogen) atoms. The van der Waals surface area contributed by atoms with E-state index in [-0.39, 0.29) is 12.5 Å². The van der Waals surface area contributed by atoms with Gasteiger partial charge in [-0.25, -0.2) is 0 Å². The first-order valence-electron chi connectivity index (χ1n) is 9.07. The molecule has 0 radical (unpaired) electrons. The summed E-state index contributed by atoms with van der Waals surface area (Å²) in [6.07, 6.45) is 0. The molecule has 1 amide bonds. The Bertz CT molecular complexity index is 1000. The van der Waals surface area contributed by atoms with Gasteiger partial charge in [0.2, 0.25) is 5.91 Å². The van der Waals surface area contributed by atoms with Crippen molar-refractivity contribution in [3.63, 3.8) is 0 Å². The number of aromatic amines is 1. The van der Waals surface area contributed by atoms with E-state index in [0.29, 0.717) is 17.1 Å². The third kappa shape index (κ3) is 4.48. The standard InChI is InChI=1S/C21H25N5OS/c1-15-5-9-17(10-6-15)20-22-23-21(28)26(20)14-19(27)25(4)13-16-7-11-18(12-8-16)24(2)3/h5-12H,13-14H2,1-4H3,(H,23,28). The van der Waals surface area contributed by atoms with E-state index in [0.717, 1.165) is 16.8 Å². The molecule has 0 saturated carbocycles. The molecule has 3 aromatic rings. The molecule has 7 heteroatoms. The Balaban J connectivity index is 1.73. The molecule has 0 aliphatic heterocycles. The van der Waals surface area contributed by atoms with Gasteiger partial charge in [0.05, 0.1) is 0 Å². The summed E-state index contributed by atoms with van der Waals surface area (Å²) >= 11 is 5.34. The number of likely N-dealkylation sites (N-methyl/N-ethyl adjacent to an activating group) is 1. The maximum absolute atomic E-state index is 12.8. The maximum Gasteiger partial charge on any atom is 0.242 e. The van der Waals surface area contributed by atoms with Crippen LogP contribution in [-0.2, 0) is 17.9 Å². The molecule has 1 aromatic heterocycles. The Morgan fingerprint density at radius 1 is 1.07 bits per heavy atom. The number of aryl methyl sites for hydroxylation is 1. The van der Waals surface area contributed by atoms with Crippen LogP contribution in [0.25, 0.3) is 11.4 Å². The van der Waals surface area contributed by atoms with E-state index in [2.05, 4.69) is 22.3 Å². The Morgan fingerprint density at radius 2 is 1.71 bits per heavy atom. The minimum atomic E-state index is -0.0254. The third-order valence-corrected chi connectivity index (χ3v) is 4.97. The van der Waals surface area contributed by atoms with Gasteiger partial charge in [-0.15, -0.1) is 0 Å². The predicted molar refractivity (Wildman–Crippen MR) is 115 cm³/mol. The van der Waals surface area contributed by atoms with Gasteiger partial charge in [-0.05, 0) is 36.8 Å². The third-order valence-electron chi connectivity index (χ3n) is 4.66. The fourth-order valence-electron chi connectivity index (χ4n) is 2.90. The lowest BCUT2D eigenvalue weighted by Crippen LogP contribution is -2.30. The average Bonchev–Trinajstić information content (AvgIpc) is 3.03. The number of hydrogen-bond acceptors (Lipinski definition) is 4. The molecule has 0 spiro atoms. The van der Waals surface area contributed by atoms with Gasteiger partial charge < -0.3 is 9.80 Å². The topological polar surface area (TPSA) is 57.2 Å². The summed E-state index contributed by atoms with van der Waals surface area (Å²) in [6.45, 7) is 2.72. The van der Waals surface area contributed by atoms with Crippen LogP contribution in [0.4, 0.5) is 5.69 Å². The number of nitrogens with zero attached hydrogens (tertiary/aromatic N) is 4. The largest absolute Gasteiger partial charge is 0.378 e. The van der Waals surface area contributed by atoms with Crippen LogP contribution in [0.15, 0.2) is 48.5 Å². The number of amides is 1. The molecule has 0 unspecified atom stereocenters. The van der Waals surface area contributed by atoms with E-state index in [9.17, 15) is 4.79 Å². The number of rotatable bonds is 6. The molecular formula is C21H25N5OS. The SMILES string of the molecule is Cc1ccc(-c2n[nH]c(=S)n2CC(=O)N(C)Cc2ccc(N(C)C)cc2)cc1. The van der Waals surface area contributed by atoms with Crippen LogP contribution in [-0.4, -0.2) is 46.7 Å². The smallest absolute Gasteiger partial charge is 0.242 e. The Labute approximate surface area is 170 Å². The zero-order chi connectivity index (χ0) is 20.3. The van der Waals surface area contributed by atoms with Gasteiger partial charge in [-0.2, -0.15) is 5.10 Å². The fourth-order valence-corrected chi connectivity index (χ4v) is 3.10. The van der Waals surface area contributed by atoms with Crippen molar-refractivity contribution in [1.82, 2.24) is 19.7 Å². The summed E-state index contributed by atoms with van der Waals surface area (Å²) in [5, 5.41) is 7.11. The predicted octanol–water partition coefficient (Wildman–Crippen LogP) is 3.64. The molecule has 1 heterocycles. The number of hydrogen-bond donors (Lipinski definition) is 1. The minimum Gasteiger partial charge on any atom is -0.378 e. The zero-order valence-corrected chi connectivity index (χ0v) is 17.5. The van der Waals surface area contributed by atoms with Crippen LogP contribution < -0.4 is 4.90 Å². The van der Waals surface area contributed by atoms with E-state index < -0.39 is 0 Å². The molecule has 3 rings (SSSR count). The molecule has 6 nitrogen and oxygen atoms in total. The number of anilines is 1. The summed E-state index contributed by atoms with van der Waals surface area (Å²) in [5.41, 5.74) is 4.30. The van der Waals surface area contributed by atoms with Crippen LogP contribution in [0.1, 0.15) is 11.1 Å². The second-order valence-electron chi connectivity index (χ2n) is 7.12. The van der Waals surface area contributed by atoms with Gasteiger partial charge in [0.1, 0.15) is 6.54 Å². The molecule has 0 saturated heterocycles. The summed E-state index contributed by atoms with van der Waals surface area (Å²) < 4.78 is 2.18. The van der Waals surface area contributed by atoms with Gasteiger partial charge >= 0.3 is 0 Å². The molecule has 0 fully saturated rings. The number of nitrogens with one attached hydrogen (secondary N) is 1. The first kappa shape index (κ1) is 19.8. The van der Waals surface area contributed by atoms with Crippen LogP contribution in [0, 0.1) is 11.7 Å². The molecule has 2 aromatic carbocycles. The number of benzene rings is 2. The average molecular weight is 396 g/mol. The summed E-state index contributed by atoms with van der Waals surface area (Å²) in [5.74, 6) is 0.643. The zero-order valence-electron chi connectivity index (χ0n) is 16.6. The monoisotopic (exact) mass is 395 g/mol. The van der Waals surface area contributed by atoms with E-state index in [4.69, 9.17) is 12.2 Å². The molecule has 0 aliphatic rings. The highest BCUT2D eigenvalue weighted by molar-refractivity contribution is 7.71. The van der Waals surface area contributed by atoms with Gasteiger partial charge in [0.25, 0.3) is 0 Å². The van der Waals surface area contributed by atoms with E-state index in [1.165, 1.54) is 5.56 Å². The van der Waals surface area contributed by atoms with Crippen molar-refractivity contribution < 1.29 is 4.79 Å². The van der Waals surface area contributed by atoms with Crippen LogP contribution >= 0.6 is 12.2 Å². The molecular weight excluding hydrogens is 370 g/mol. The van der Waals surface area contributed by atoms with Crippen molar-refractivity contribution in [2.24, 2.45) is 0 Å². The molecule has 1 N–H and O–H groups in total. The Hall–Kier alpha value is -2.93. The number of aromatic nitrogens is 3. The highest BCUT2D eigenvalue weighted by Gasteiger charge is 2.15. The van der Waals surface area contributed by atoms with Crippen LogP contribution in [0.5, 0.6) is 0 Å². The van der Waals surface area contributed by atoms with Crippen molar-refractivity contribution in [3.8, 4) is 11.4 Å². The number of H-pyrrole nitrogens is 1. The molecule has 146 valence electrons. The second-order valence-corrected chi connectivity index (χ2v) is 7.50. The minimum absolute atomic E-state index is 0.0254.